The lowest BCUT2D eigenvalue weighted by Gasteiger charge is -2.20. The van der Waals surface area contributed by atoms with Gasteiger partial charge in [-0.25, -0.2) is 0 Å². The summed E-state index contributed by atoms with van der Waals surface area (Å²) in [6.45, 7) is 7.38. The summed E-state index contributed by atoms with van der Waals surface area (Å²) in [5, 5.41) is 9.21. The molecule has 0 bridgehead atoms. The predicted molar refractivity (Wildman–Crippen MR) is 76.2 cm³/mol. The van der Waals surface area contributed by atoms with E-state index in [1.165, 1.54) is 0 Å². The maximum Gasteiger partial charge on any atom is 0.163 e. The van der Waals surface area contributed by atoms with Crippen molar-refractivity contribution in [3.8, 4) is 11.5 Å². The standard InChI is InChI=1S/C15H23NO3/c1-3-18-14-6-5-13(9-15(14)19-4-2)16-8-7-12(10-16)11-17/h5-6,9,12,17H,3-4,7-8,10-11H2,1-2H3. The van der Waals surface area contributed by atoms with Crippen LogP contribution in [0.5, 0.6) is 11.5 Å². The lowest BCUT2D eigenvalue weighted by atomic mass is 10.1. The highest BCUT2D eigenvalue weighted by molar-refractivity contribution is 5.57. The summed E-state index contributed by atoms with van der Waals surface area (Å²) in [7, 11) is 0. The first-order valence-corrected chi connectivity index (χ1v) is 7.03. The van der Waals surface area contributed by atoms with Crippen molar-refractivity contribution in [1.82, 2.24) is 0 Å². The normalized spacial score (nSPS) is 18.7. The molecular formula is C15H23NO3. The predicted octanol–water partition coefficient (Wildman–Crippen LogP) is 2.30. The Balaban J connectivity index is 2.15. The number of rotatable bonds is 6. The van der Waals surface area contributed by atoms with E-state index in [0.717, 1.165) is 36.7 Å². The molecule has 0 aromatic heterocycles. The zero-order chi connectivity index (χ0) is 13.7. The highest BCUT2D eigenvalue weighted by atomic mass is 16.5. The monoisotopic (exact) mass is 265 g/mol. The highest BCUT2D eigenvalue weighted by Gasteiger charge is 2.22. The van der Waals surface area contributed by atoms with Gasteiger partial charge in [0.15, 0.2) is 11.5 Å². The molecule has 0 radical (unpaired) electrons. The van der Waals surface area contributed by atoms with E-state index in [0.29, 0.717) is 19.1 Å². The van der Waals surface area contributed by atoms with Crippen molar-refractivity contribution in [2.45, 2.75) is 20.3 Å². The van der Waals surface area contributed by atoms with Crippen LogP contribution >= 0.6 is 0 Å². The van der Waals surface area contributed by atoms with Crippen LogP contribution in [-0.4, -0.2) is 38.0 Å². The summed E-state index contributed by atoms with van der Waals surface area (Å²) >= 11 is 0. The van der Waals surface area contributed by atoms with Crippen LogP contribution in [0, 0.1) is 5.92 Å². The van der Waals surface area contributed by atoms with Gasteiger partial charge < -0.3 is 19.5 Å². The maximum absolute atomic E-state index is 9.21. The molecule has 2 rings (SSSR count). The molecule has 4 nitrogen and oxygen atoms in total. The summed E-state index contributed by atoms with van der Waals surface area (Å²) in [5.41, 5.74) is 1.14. The van der Waals surface area contributed by atoms with Gasteiger partial charge in [-0.2, -0.15) is 0 Å². The Bertz CT molecular complexity index is 408. The van der Waals surface area contributed by atoms with Gasteiger partial charge in [-0.05, 0) is 32.4 Å². The third-order valence-corrected chi connectivity index (χ3v) is 3.44. The molecule has 1 aliphatic heterocycles. The quantitative estimate of drug-likeness (QED) is 0.857. The molecule has 1 aliphatic rings. The van der Waals surface area contributed by atoms with Gasteiger partial charge in [0.2, 0.25) is 0 Å². The molecule has 1 atom stereocenters. The van der Waals surface area contributed by atoms with Crippen molar-refractivity contribution in [2.24, 2.45) is 5.92 Å². The van der Waals surface area contributed by atoms with Crippen LogP contribution in [-0.2, 0) is 0 Å². The van der Waals surface area contributed by atoms with Crippen LogP contribution in [0.1, 0.15) is 20.3 Å². The molecule has 106 valence electrons. The van der Waals surface area contributed by atoms with Crippen molar-refractivity contribution in [3.05, 3.63) is 18.2 Å². The molecule has 1 fully saturated rings. The van der Waals surface area contributed by atoms with Gasteiger partial charge in [0.05, 0.1) is 13.2 Å². The Morgan fingerprint density at radius 2 is 1.95 bits per heavy atom. The topological polar surface area (TPSA) is 41.9 Å². The largest absolute Gasteiger partial charge is 0.490 e. The molecule has 1 N–H and O–H groups in total. The Labute approximate surface area is 114 Å². The minimum atomic E-state index is 0.270. The number of aliphatic hydroxyl groups is 1. The van der Waals surface area contributed by atoms with Crippen LogP contribution in [0.15, 0.2) is 18.2 Å². The number of hydrogen-bond donors (Lipinski definition) is 1. The summed E-state index contributed by atoms with van der Waals surface area (Å²) in [5.74, 6) is 1.99. The molecule has 1 heterocycles. The number of hydrogen-bond acceptors (Lipinski definition) is 4. The molecule has 0 aliphatic carbocycles. The zero-order valence-corrected chi connectivity index (χ0v) is 11.8. The fourth-order valence-electron chi connectivity index (χ4n) is 2.45. The molecule has 4 heteroatoms. The molecule has 0 spiro atoms. The first kappa shape index (κ1) is 14.0. The van der Waals surface area contributed by atoms with E-state index in [1.807, 2.05) is 26.0 Å². The summed E-state index contributed by atoms with van der Waals surface area (Å²) < 4.78 is 11.2. The third kappa shape index (κ3) is 3.32. The van der Waals surface area contributed by atoms with Gasteiger partial charge in [-0.3, -0.25) is 0 Å². The third-order valence-electron chi connectivity index (χ3n) is 3.44. The van der Waals surface area contributed by atoms with Crippen molar-refractivity contribution >= 4 is 5.69 Å². The van der Waals surface area contributed by atoms with Crippen LogP contribution in [0.3, 0.4) is 0 Å². The molecular weight excluding hydrogens is 242 g/mol. The fourth-order valence-corrected chi connectivity index (χ4v) is 2.45. The lowest BCUT2D eigenvalue weighted by Crippen LogP contribution is -2.20. The Kier molecular flexibility index (Phi) is 4.91. The van der Waals surface area contributed by atoms with Crippen LogP contribution in [0.4, 0.5) is 5.69 Å². The molecule has 1 aromatic rings. The summed E-state index contributed by atoms with van der Waals surface area (Å²) in [4.78, 5) is 2.29. The highest BCUT2D eigenvalue weighted by Crippen LogP contribution is 2.34. The number of nitrogens with zero attached hydrogens (tertiary/aromatic N) is 1. The van der Waals surface area contributed by atoms with Crippen molar-refractivity contribution in [3.63, 3.8) is 0 Å². The minimum Gasteiger partial charge on any atom is -0.490 e. The number of aliphatic hydroxyl groups excluding tert-OH is 1. The van der Waals surface area contributed by atoms with Gasteiger partial charge in [0, 0.05) is 37.4 Å². The SMILES string of the molecule is CCOc1ccc(N2CCC(CO)C2)cc1OCC. The molecule has 1 aromatic carbocycles. The zero-order valence-electron chi connectivity index (χ0n) is 11.8. The Morgan fingerprint density at radius 1 is 1.21 bits per heavy atom. The fraction of sp³-hybridized carbons (Fsp3) is 0.600. The van der Waals surface area contributed by atoms with Crippen LogP contribution in [0.25, 0.3) is 0 Å². The van der Waals surface area contributed by atoms with Crippen LogP contribution < -0.4 is 14.4 Å². The van der Waals surface area contributed by atoms with Gasteiger partial charge in [-0.15, -0.1) is 0 Å². The lowest BCUT2D eigenvalue weighted by molar-refractivity contribution is 0.238. The van der Waals surface area contributed by atoms with Gasteiger partial charge in [-0.1, -0.05) is 0 Å². The smallest absolute Gasteiger partial charge is 0.163 e. The van der Waals surface area contributed by atoms with E-state index in [-0.39, 0.29) is 6.61 Å². The van der Waals surface area contributed by atoms with E-state index in [4.69, 9.17) is 9.47 Å². The molecule has 1 saturated heterocycles. The summed E-state index contributed by atoms with van der Waals surface area (Å²) in [6, 6.07) is 6.07. The number of anilines is 1. The second-order valence-electron chi connectivity index (χ2n) is 4.78. The molecule has 0 saturated carbocycles. The second-order valence-corrected chi connectivity index (χ2v) is 4.78. The Morgan fingerprint density at radius 3 is 2.58 bits per heavy atom. The first-order chi connectivity index (χ1) is 9.28. The second kappa shape index (κ2) is 6.66. The Hall–Kier alpha value is -1.42. The van der Waals surface area contributed by atoms with Gasteiger partial charge >= 0.3 is 0 Å². The molecule has 1 unspecified atom stereocenters. The van der Waals surface area contributed by atoms with E-state index in [2.05, 4.69) is 11.0 Å². The number of ether oxygens (including phenoxy) is 2. The van der Waals surface area contributed by atoms with Gasteiger partial charge in [0.1, 0.15) is 0 Å². The molecule has 19 heavy (non-hydrogen) atoms. The van der Waals surface area contributed by atoms with E-state index < -0.39 is 0 Å². The van der Waals surface area contributed by atoms with Crippen molar-refractivity contribution in [1.29, 1.82) is 0 Å². The maximum atomic E-state index is 9.21. The van der Waals surface area contributed by atoms with Gasteiger partial charge in [0.25, 0.3) is 0 Å². The first-order valence-electron chi connectivity index (χ1n) is 7.03. The van der Waals surface area contributed by atoms with Crippen molar-refractivity contribution < 1.29 is 14.6 Å². The average molecular weight is 265 g/mol. The summed E-state index contributed by atoms with van der Waals surface area (Å²) in [6.07, 6.45) is 1.05. The van der Waals surface area contributed by atoms with E-state index in [9.17, 15) is 5.11 Å². The van der Waals surface area contributed by atoms with E-state index >= 15 is 0 Å². The van der Waals surface area contributed by atoms with E-state index in [1.54, 1.807) is 0 Å². The minimum absolute atomic E-state index is 0.270. The van der Waals surface area contributed by atoms with Crippen LogP contribution in [0.2, 0.25) is 0 Å². The average Bonchev–Trinajstić information content (AvgIpc) is 2.90. The number of benzene rings is 1. The molecule has 0 amide bonds. The van der Waals surface area contributed by atoms with Crippen molar-refractivity contribution in [2.75, 3.05) is 37.8 Å².